The lowest BCUT2D eigenvalue weighted by Gasteiger charge is -2.29. The van der Waals surface area contributed by atoms with E-state index in [-0.39, 0.29) is 12.0 Å². The molecule has 0 amide bonds. The maximum Gasteiger partial charge on any atom is 0.0529 e. The summed E-state index contributed by atoms with van der Waals surface area (Å²) in [5.41, 5.74) is 3.10. The maximum absolute atomic E-state index is 9.82. The highest BCUT2D eigenvalue weighted by Crippen LogP contribution is 2.32. The Balaban J connectivity index is 2.33. The Kier molecular flexibility index (Phi) is 4.28. The normalized spacial score (nSPS) is 14.1. The van der Waals surface area contributed by atoms with Gasteiger partial charge in [0.2, 0.25) is 0 Å². The van der Waals surface area contributed by atoms with Gasteiger partial charge in [0.05, 0.1) is 6.61 Å². The van der Waals surface area contributed by atoms with Gasteiger partial charge in [-0.25, -0.2) is 0 Å². The van der Waals surface area contributed by atoms with Crippen LogP contribution in [0.5, 0.6) is 0 Å². The average molecular weight is 275 g/mol. The molecule has 19 heavy (non-hydrogen) atoms. The highest BCUT2D eigenvalue weighted by Gasteiger charge is 2.28. The monoisotopic (exact) mass is 274 g/mol. The van der Waals surface area contributed by atoms with Crippen LogP contribution in [0.25, 0.3) is 0 Å². The molecule has 0 spiro atoms. The van der Waals surface area contributed by atoms with E-state index in [0.29, 0.717) is 5.02 Å². The molecule has 0 aliphatic carbocycles. The van der Waals surface area contributed by atoms with Crippen LogP contribution in [0.3, 0.4) is 0 Å². The van der Waals surface area contributed by atoms with Crippen LogP contribution in [0.1, 0.15) is 23.6 Å². The summed E-state index contributed by atoms with van der Waals surface area (Å²) >= 11 is 6.27. The molecule has 0 heterocycles. The number of aliphatic hydroxyl groups is 1. The summed E-state index contributed by atoms with van der Waals surface area (Å²) in [6.07, 6.45) is 0.771. The number of hydrogen-bond donors (Lipinski definition) is 1. The molecule has 0 bridgehead atoms. The molecule has 2 aromatic rings. The minimum absolute atomic E-state index is 0.0740. The zero-order valence-corrected chi connectivity index (χ0v) is 12.1. The van der Waals surface area contributed by atoms with Gasteiger partial charge >= 0.3 is 0 Å². The summed E-state index contributed by atoms with van der Waals surface area (Å²) in [7, 11) is 0. The van der Waals surface area contributed by atoms with Crippen LogP contribution >= 0.6 is 11.6 Å². The van der Waals surface area contributed by atoms with Crippen LogP contribution in [-0.2, 0) is 11.8 Å². The van der Waals surface area contributed by atoms with Gasteiger partial charge in [0.15, 0.2) is 0 Å². The van der Waals surface area contributed by atoms with Crippen LogP contribution in [0.2, 0.25) is 5.02 Å². The molecule has 0 aliphatic heterocycles. The Morgan fingerprint density at radius 3 is 2.26 bits per heavy atom. The Hall–Kier alpha value is -1.31. The topological polar surface area (TPSA) is 20.2 Å². The first-order valence-corrected chi connectivity index (χ1v) is 6.84. The van der Waals surface area contributed by atoms with Crippen LogP contribution in [-0.4, -0.2) is 11.7 Å². The maximum atomic E-state index is 9.82. The fourth-order valence-electron chi connectivity index (χ4n) is 2.34. The van der Waals surface area contributed by atoms with Gasteiger partial charge in [0.25, 0.3) is 0 Å². The van der Waals surface area contributed by atoms with E-state index in [1.165, 1.54) is 11.1 Å². The van der Waals surface area contributed by atoms with Crippen molar-refractivity contribution >= 4 is 11.6 Å². The van der Waals surface area contributed by atoms with Crippen molar-refractivity contribution < 1.29 is 5.11 Å². The summed E-state index contributed by atoms with van der Waals surface area (Å²) < 4.78 is 0. The molecule has 100 valence electrons. The quantitative estimate of drug-likeness (QED) is 0.888. The highest BCUT2D eigenvalue weighted by molar-refractivity contribution is 6.31. The van der Waals surface area contributed by atoms with Gasteiger partial charge < -0.3 is 5.11 Å². The molecule has 0 aliphatic rings. The van der Waals surface area contributed by atoms with Crippen molar-refractivity contribution in [2.75, 3.05) is 6.61 Å². The molecule has 1 nitrogen and oxygen atoms in total. The molecule has 2 rings (SSSR count). The number of hydrogen-bond acceptors (Lipinski definition) is 1. The summed E-state index contributed by atoms with van der Waals surface area (Å²) in [6, 6.07) is 16.2. The van der Waals surface area contributed by atoms with Gasteiger partial charge in [-0.15, -0.1) is 0 Å². The third kappa shape index (κ3) is 3.17. The van der Waals surface area contributed by atoms with Gasteiger partial charge in [-0.05, 0) is 30.5 Å². The molecular weight excluding hydrogens is 256 g/mol. The molecule has 1 N–H and O–H groups in total. The van der Waals surface area contributed by atoms with Crippen molar-refractivity contribution in [1.29, 1.82) is 0 Å². The molecule has 1 atom stereocenters. The minimum atomic E-state index is -0.354. The van der Waals surface area contributed by atoms with Gasteiger partial charge in [-0.3, -0.25) is 0 Å². The average Bonchev–Trinajstić information content (AvgIpc) is 2.42. The molecular formula is C17H19ClO. The Morgan fingerprint density at radius 2 is 1.68 bits per heavy atom. The Labute approximate surface area is 119 Å². The third-order valence-corrected chi connectivity index (χ3v) is 3.92. The minimum Gasteiger partial charge on any atom is -0.395 e. The third-order valence-electron chi connectivity index (χ3n) is 3.59. The SMILES string of the molecule is Cc1ccc(CC(C)(CO)c2ccccc2Cl)cc1. The number of benzene rings is 2. The van der Waals surface area contributed by atoms with E-state index in [1.807, 2.05) is 31.2 Å². The van der Waals surface area contributed by atoms with Crippen LogP contribution in [0.15, 0.2) is 48.5 Å². The van der Waals surface area contributed by atoms with E-state index in [0.717, 1.165) is 12.0 Å². The largest absolute Gasteiger partial charge is 0.395 e. The first kappa shape index (κ1) is 14.1. The predicted molar refractivity (Wildman–Crippen MR) is 80.8 cm³/mol. The first-order valence-electron chi connectivity index (χ1n) is 6.46. The van der Waals surface area contributed by atoms with E-state index >= 15 is 0 Å². The molecule has 0 saturated carbocycles. The number of halogens is 1. The second kappa shape index (κ2) is 5.77. The second-order valence-electron chi connectivity index (χ2n) is 5.36. The molecule has 0 aromatic heterocycles. The Bertz CT molecular complexity index is 547. The van der Waals surface area contributed by atoms with Crippen LogP contribution < -0.4 is 0 Å². The molecule has 0 saturated heterocycles. The zero-order chi connectivity index (χ0) is 13.9. The fraction of sp³-hybridized carbons (Fsp3) is 0.294. The van der Waals surface area contributed by atoms with Crippen molar-refractivity contribution in [3.8, 4) is 0 Å². The summed E-state index contributed by atoms with van der Waals surface area (Å²) in [5.74, 6) is 0. The van der Waals surface area contributed by atoms with E-state index < -0.39 is 0 Å². The Morgan fingerprint density at radius 1 is 1.05 bits per heavy atom. The zero-order valence-electron chi connectivity index (χ0n) is 11.4. The molecule has 0 fully saturated rings. The van der Waals surface area contributed by atoms with Crippen molar-refractivity contribution in [3.05, 3.63) is 70.2 Å². The van der Waals surface area contributed by atoms with Crippen molar-refractivity contribution in [2.24, 2.45) is 0 Å². The smallest absolute Gasteiger partial charge is 0.0529 e. The van der Waals surface area contributed by atoms with Crippen molar-refractivity contribution in [1.82, 2.24) is 0 Å². The molecule has 1 unspecified atom stereocenters. The first-order chi connectivity index (χ1) is 9.05. The predicted octanol–water partition coefficient (Wildman–Crippen LogP) is 4.14. The lowest BCUT2D eigenvalue weighted by atomic mass is 9.78. The van der Waals surface area contributed by atoms with Gasteiger partial charge in [-0.1, -0.05) is 66.6 Å². The van der Waals surface area contributed by atoms with Gasteiger partial charge in [-0.2, -0.15) is 0 Å². The van der Waals surface area contributed by atoms with Crippen molar-refractivity contribution in [3.63, 3.8) is 0 Å². The number of aryl methyl sites for hydroxylation is 1. The molecule has 2 heteroatoms. The molecule has 0 radical (unpaired) electrons. The summed E-state index contributed by atoms with van der Waals surface area (Å²) in [4.78, 5) is 0. The van der Waals surface area contributed by atoms with Crippen LogP contribution in [0.4, 0.5) is 0 Å². The van der Waals surface area contributed by atoms with Crippen LogP contribution in [0, 0.1) is 6.92 Å². The van der Waals surface area contributed by atoms with E-state index in [2.05, 4.69) is 31.2 Å². The lowest BCUT2D eigenvalue weighted by Crippen LogP contribution is -2.29. The standard InChI is InChI=1S/C17H19ClO/c1-13-7-9-14(10-8-13)11-17(2,12-19)15-5-3-4-6-16(15)18/h3-10,19H,11-12H2,1-2H3. The highest BCUT2D eigenvalue weighted by atomic mass is 35.5. The van der Waals surface area contributed by atoms with Crippen molar-refractivity contribution in [2.45, 2.75) is 25.7 Å². The van der Waals surface area contributed by atoms with E-state index in [9.17, 15) is 5.11 Å². The van der Waals surface area contributed by atoms with Gasteiger partial charge in [0.1, 0.15) is 0 Å². The van der Waals surface area contributed by atoms with E-state index in [4.69, 9.17) is 11.6 Å². The fourth-order valence-corrected chi connectivity index (χ4v) is 2.71. The van der Waals surface area contributed by atoms with E-state index in [1.54, 1.807) is 0 Å². The number of rotatable bonds is 4. The second-order valence-corrected chi connectivity index (χ2v) is 5.77. The lowest BCUT2D eigenvalue weighted by molar-refractivity contribution is 0.205. The number of aliphatic hydroxyl groups excluding tert-OH is 1. The summed E-state index contributed by atoms with van der Waals surface area (Å²) in [6.45, 7) is 4.20. The molecule has 2 aromatic carbocycles. The van der Waals surface area contributed by atoms with Gasteiger partial charge in [0, 0.05) is 10.4 Å². The summed E-state index contributed by atoms with van der Waals surface area (Å²) in [5, 5.41) is 10.5.